The number of halogens is 1. The van der Waals surface area contributed by atoms with Gasteiger partial charge >= 0.3 is 0 Å². The van der Waals surface area contributed by atoms with Gasteiger partial charge in [0.15, 0.2) is 6.61 Å². The van der Waals surface area contributed by atoms with Crippen LogP contribution >= 0.6 is 0 Å². The van der Waals surface area contributed by atoms with Gasteiger partial charge in [-0.25, -0.2) is 14.4 Å². The van der Waals surface area contributed by atoms with E-state index in [1.165, 1.54) is 24.3 Å². The van der Waals surface area contributed by atoms with E-state index < -0.39 is 0 Å². The lowest BCUT2D eigenvalue weighted by atomic mass is 9.77. The van der Waals surface area contributed by atoms with Crippen molar-refractivity contribution < 1.29 is 13.9 Å². The van der Waals surface area contributed by atoms with Gasteiger partial charge in [-0.2, -0.15) is 0 Å². The highest BCUT2D eigenvalue weighted by molar-refractivity contribution is 5.78. The van der Waals surface area contributed by atoms with Gasteiger partial charge in [0.2, 0.25) is 5.95 Å². The van der Waals surface area contributed by atoms with Crippen LogP contribution in [-0.4, -0.2) is 40.5 Å². The molecule has 136 valence electrons. The number of piperidine rings is 1. The maximum atomic E-state index is 12.9. The van der Waals surface area contributed by atoms with E-state index in [1.54, 1.807) is 0 Å². The van der Waals surface area contributed by atoms with E-state index in [4.69, 9.17) is 10.5 Å². The van der Waals surface area contributed by atoms with Gasteiger partial charge in [-0.1, -0.05) is 0 Å². The van der Waals surface area contributed by atoms with E-state index in [-0.39, 0.29) is 29.7 Å². The molecule has 1 aromatic carbocycles. The van der Waals surface area contributed by atoms with Crippen LogP contribution in [0.1, 0.15) is 30.5 Å². The Kier molecular flexibility index (Phi) is 4.22. The minimum Gasteiger partial charge on any atom is -0.484 e. The summed E-state index contributed by atoms with van der Waals surface area (Å²) in [6, 6.07) is 5.67. The first kappa shape index (κ1) is 16.8. The molecule has 2 aliphatic rings. The summed E-state index contributed by atoms with van der Waals surface area (Å²) in [5.41, 5.74) is 7.80. The van der Waals surface area contributed by atoms with Gasteiger partial charge in [0, 0.05) is 24.7 Å². The molecule has 0 saturated carbocycles. The van der Waals surface area contributed by atoms with Crippen LogP contribution < -0.4 is 10.5 Å². The number of anilines is 1. The summed E-state index contributed by atoms with van der Waals surface area (Å²) < 4.78 is 18.5. The normalized spacial score (nSPS) is 21.7. The number of aromatic nitrogens is 2. The summed E-state index contributed by atoms with van der Waals surface area (Å²) >= 11 is 0. The van der Waals surface area contributed by atoms with Crippen molar-refractivity contribution in [1.82, 2.24) is 14.9 Å². The van der Waals surface area contributed by atoms with Gasteiger partial charge in [0.05, 0.1) is 5.69 Å². The van der Waals surface area contributed by atoms with Crippen molar-refractivity contribution in [1.29, 1.82) is 0 Å². The van der Waals surface area contributed by atoms with Crippen LogP contribution in [0.5, 0.6) is 5.75 Å². The first-order valence-corrected chi connectivity index (χ1v) is 8.84. The first-order chi connectivity index (χ1) is 12.6. The number of fused-ring (bicyclic) bond motifs is 2. The third-order valence-corrected chi connectivity index (χ3v) is 5.36. The maximum absolute atomic E-state index is 12.9. The summed E-state index contributed by atoms with van der Waals surface area (Å²) in [5.74, 6) is 0.373. The smallest absolute Gasteiger partial charge is 0.260 e. The molecule has 2 heterocycles. The number of hydrogen-bond donors (Lipinski definition) is 1. The van der Waals surface area contributed by atoms with Crippen LogP contribution in [-0.2, 0) is 16.6 Å². The lowest BCUT2D eigenvalue weighted by Crippen LogP contribution is -2.49. The summed E-state index contributed by atoms with van der Waals surface area (Å²) in [4.78, 5) is 23.1. The number of likely N-dealkylation sites (tertiary alicyclic amines) is 1. The van der Waals surface area contributed by atoms with Crippen LogP contribution in [0.3, 0.4) is 0 Å². The Morgan fingerprint density at radius 2 is 2.12 bits per heavy atom. The van der Waals surface area contributed by atoms with Gasteiger partial charge in [-0.05, 0) is 55.5 Å². The molecule has 2 N–H and O–H groups in total. The molecule has 0 radical (unpaired) electrons. The molecule has 4 rings (SSSR count). The van der Waals surface area contributed by atoms with Gasteiger partial charge in [-0.3, -0.25) is 4.79 Å². The van der Waals surface area contributed by atoms with Crippen molar-refractivity contribution in [3.63, 3.8) is 0 Å². The fraction of sp³-hybridized carbons (Fsp3) is 0.421. The lowest BCUT2D eigenvalue weighted by molar-refractivity contribution is -0.135. The van der Waals surface area contributed by atoms with E-state index in [1.807, 2.05) is 11.1 Å². The van der Waals surface area contributed by atoms with Crippen molar-refractivity contribution >= 4 is 11.9 Å². The Labute approximate surface area is 151 Å². The van der Waals surface area contributed by atoms with E-state index in [0.717, 1.165) is 36.9 Å². The van der Waals surface area contributed by atoms with Gasteiger partial charge in [0.1, 0.15) is 11.6 Å². The van der Waals surface area contributed by atoms with Gasteiger partial charge in [-0.15, -0.1) is 0 Å². The number of nitrogens with zero attached hydrogens (tertiary/aromatic N) is 3. The molecular weight excluding hydrogens is 335 g/mol. The highest BCUT2D eigenvalue weighted by Crippen LogP contribution is 2.43. The van der Waals surface area contributed by atoms with E-state index in [0.29, 0.717) is 18.8 Å². The van der Waals surface area contributed by atoms with Gasteiger partial charge in [0.25, 0.3) is 5.91 Å². The predicted molar refractivity (Wildman–Crippen MR) is 94.2 cm³/mol. The molecule has 6 nitrogen and oxygen atoms in total. The molecule has 1 aromatic heterocycles. The second-order valence-electron chi connectivity index (χ2n) is 7.04. The van der Waals surface area contributed by atoms with Crippen molar-refractivity contribution in [3.05, 3.63) is 47.5 Å². The monoisotopic (exact) mass is 356 g/mol. The fourth-order valence-corrected chi connectivity index (χ4v) is 4.06. The number of rotatable bonds is 3. The van der Waals surface area contributed by atoms with Crippen LogP contribution in [0.4, 0.5) is 10.3 Å². The highest BCUT2D eigenvalue weighted by atomic mass is 19.1. The molecule has 7 heteroatoms. The van der Waals surface area contributed by atoms with Crippen molar-refractivity contribution in [2.75, 3.05) is 25.4 Å². The van der Waals surface area contributed by atoms with Crippen molar-refractivity contribution in [2.24, 2.45) is 0 Å². The summed E-state index contributed by atoms with van der Waals surface area (Å²) in [6.07, 6.45) is 5.61. The largest absolute Gasteiger partial charge is 0.484 e. The molecular formula is C19H21FN4O2. The highest BCUT2D eigenvalue weighted by Gasteiger charge is 2.44. The topological polar surface area (TPSA) is 81.3 Å². The predicted octanol–water partition coefficient (Wildman–Crippen LogP) is 2.08. The number of carbonyl (C=O) groups excluding carboxylic acids is 1. The molecule has 2 aromatic rings. The van der Waals surface area contributed by atoms with E-state index in [2.05, 4.69) is 9.97 Å². The molecule has 1 aliphatic heterocycles. The second-order valence-corrected chi connectivity index (χ2v) is 7.04. The molecule has 1 atom stereocenters. The number of nitrogen functional groups attached to an aromatic ring is 1. The third-order valence-electron chi connectivity index (χ3n) is 5.36. The SMILES string of the molecule is Nc1ncc2c(n1)C1(CCCN(C(=O)COc3ccc(F)cc3)C1)CC2. The number of aryl methyl sites for hydroxylation is 1. The van der Waals surface area contributed by atoms with Crippen molar-refractivity contribution in [2.45, 2.75) is 31.1 Å². The first-order valence-electron chi connectivity index (χ1n) is 8.84. The Morgan fingerprint density at radius 3 is 2.92 bits per heavy atom. The second kappa shape index (κ2) is 6.55. The summed E-state index contributed by atoms with van der Waals surface area (Å²) in [6.45, 7) is 1.28. The lowest BCUT2D eigenvalue weighted by Gasteiger charge is -2.40. The standard InChI is InChI=1S/C19H21FN4O2/c20-14-2-4-15(5-3-14)26-11-16(25)24-9-1-7-19(12-24)8-6-13-10-22-18(21)23-17(13)19/h2-5,10H,1,6-9,11-12H2,(H2,21,22,23). The quantitative estimate of drug-likeness (QED) is 0.911. The Balaban J connectivity index is 1.45. The number of hydrogen-bond acceptors (Lipinski definition) is 5. The van der Waals surface area contributed by atoms with Crippen LogP contribution in [0.2, 0.25) is 0 Å². The number of carbonyl (C=O) groups is 1. The molecule has 0 bridgehead atoms. The molecule has 1 amide bonds. The van der Waals surface area contributed by atoms with Crippen LogP contribution in [0, 0.1) is 5.82 Å². The van der Waals surface area contributed by atoms with E-state index in [9.17, 15) is 9.18 Å². The average molecular weight is 356 g/mol. The van der Waals surface area contributed by atoms with E-state index >= 15 is 0 Å². The maximum Gasteiger partial charge on any atom is 0.260 e. The number of nitrogens with two attached hydrogens (primary N) is 1. The molecule has 1 saturated heterocycles. The molecule has 1 fully saturated rings. The number of benzene rings is 1. The Hall–Kier alpha value is -2.70. The van der Waals surface area contributed by atoms with Crippen LogP contribution in [0.15, 0.2) is 30.5 Å². The molecule has 26 heavy (non-hydrogen) atoms. The number of ether oxygens (including phenoxy) is 1. The third kappa shape index (κ3) is 3.09. The zero-order chi connectivity index (χ0) is 18.1. The molecule has 1 unspecified atom stereocenters. The Bertz CT molecular complexity index is 823. The van der Waals surface area contributed by atoms with Gasteiger partial charge < -0.3 is 15.4 Å². The van der Waals surface area contributed by atoms with Crippen LogP contribution in [0.25, 0.3) is 0 Å². The minimum absolute atomic E-state index is 0.0551. The van der Waals surface area contributed by atoms with Crippen molar-refractivity contribution in [3.8, 4) is 5.75 Å². The fourth-order valence-electron chi connectivity index (χ4n) is 4.06. The average Bonchev–Trinajstić information content (AvgIpc) is 2.98. The Morgan fingerprint density at radius 1 is 1.31 bits per heavy atom. The summed E-state index contributed by atoms with van der Waals surface area (Å²) in [7, 11) is 0. The summed E-state index contributed by atoms with van der Waals surface area (Å²) in [5, 5.41) is 0. The zero-order valence-corrected chi connectivity index (χ0v) is 14.4. The molecule has 1 aliphatic carbocycles. The zero-order valence-electron chi connectivity index (χ0n) is 14.4. The minimum atomic E-state index is -0.331. The molecule has 1 spiro atoms. The number of amides is 1.